The number of nitrogens with two attached hydrogens (primary N) is 1. The first-order valence-electron chi connectivity index (χ1n) is 5.55. The Morgan fingerprint density at radius 3 is 2.00 bits per heavy atom. The molecule has 0 aliphatic rings. The summed E-state index contributed by atoms with van der Waals surface area (Å²) in [5.41, 5.74) is 0. The van der Waals surface area contributed by atoms with E-state index >= 15 is 0 Å². The summed E-state index contributed by atoms with van der Waals surface area (Å²) in [5.74, 6) is 4.83. The van der Waals surface area contributed by atoms with Crippen LogP contribution in [0.5, 0.6) is 0 Å². The van der Waals surface area contributed by atoms with E-state index in [4.69, 9.17) is 24.8 Å². The molecule has 0 amide bonds. The quantitative estimate of drug-likeness (QED) is 0.299. The molecule has 0 atom stereocenters. The Kier molecular flexibility index (Phi) is 12.6. The van der Waals surface area contributed by atoms with Gasteiger partial charge in [0.25, 0.3) is 0 Å². The Hall–Kier alpha value is -0.240. The summed E-state index contributed by atoms with van der Waals surface area (Å²) in [7, 11) is 0. The van der Waals surface area contributed by atoms with Gasteiger partial charge in [-0.3, -0.25) is 0 Å². The van der Waals surface area contributed by atoms with Crippen LogP contribution in [0.25, 0.3) is 0 Å². The third kappa shape index (κ3) is 10.3. The molecule has 98 valence electrons. The second kappa shape index (κ2) is 12.8. The molecule has 0 spiro atoms. The normalized spacial score (nSPS) is 11.2. The van der Waals surface area contributed by atoms with Crippen molar-refractivity contribution in [3.05, 3.63) is 0 Å². The highest BCUT2D eigenvalue weighted by Crippen LogP contribution is 1.96. The maximum atomic E-state index is 5.33. The number of hydrogen-bond donors (Lipinski definition) is 1. The topological polar surface area (TPSA) is 72.2 Å². The fourth-order valence-electron chi connectivity index (χ4n) is 1.02. The van der Waals surface area contributed by atoms with Crippen LogP contribution in [0.2, 0.25) is 0 Å². The molecule has 0 aromatic carbocycles. The summed E-state index contributed by atoms with van der Waals surface area (Å²) < 4.78 is 21.1. The lowest BCUT2D eigenvalue weighted by atomic mass is 10.6. The molecule has 0 heterocycles. The van der Waals surface area contributed by atoms with Crippen LogP contribution in [0, 0.1) is 0 Å². The summed E-state index contributed by atoms with van der Waals surface area (Å²) in [6.45, 7) is 7.34. The predicted molar refractivity (Wildman–Crippen MR) is 58.8 cm³/mol. The third-order valence-electron chi connectivity index (χ3n) is 1.68. The van der Waals surface area contributed by atoms with Crippen LogP contribution in [0.3, 0.4) is 0 Å². The van der Waals surface area contributed by atoms with E-state index in [9.17, 15) is 0 Å². The molecule has 6 nitrogen and oxygen atoms in total. The van der Waals surface area contributed by atoms with E-state index in [0.29, 0.717) is 46.2 Å². The fraction of sp³-hybridized carbons (Fsp3) is 1.00. The van der Waals surface area contributed by atoms with Gasteiger partial charge in [0.2, 0.25) is 0 Å². The van der Waals surface area contributed by atoms with Crippen molar-refractivity contribution in [3.63, 3.8) is 0 Å². The summed E-state index contributed by atoms with van der Waals surface area (Å²) in [6, 6.07) is 0. The molecule has 0 aromatic rings. The van der Waals surface area contributed by atoms with Gasteiger partial charge in [-0.2, -0.15) is 0 Å². The Morgan fingerprint density at radius 1 is 0.875 bits per heavy atom. The van der Waals surface area contributed by atoms with Gasteiger partial charge in [0.1, 0.15) is 0 Å². The molecule has 0 aliphatic heterocycles. The van der Waals surface area contributed by atoms with Crippen molar-refractivity contribution in [3.8, 4) is 0 Å². The maximum Gasteiger partial charge on any atom is 0.180 e. The average molecular weight is 237 g/mol. The van der Waals surface area contributed by atoms with Crippen molar-refractivity contribution in [2.75, 3.05) is 46.2 Å². The van der Waals surface area contributed by atoms with E-state index in [-0.39, 0.29) is 6.29 Å². The largest absolute Gasteiger partial charge is 0.377 e. The molecular formula is C10H23NO5. The second-order valence-electron chi connectivity index (χ2n) is 2.90. The predicted octanol–water partition coefficient (Wildman–Crippen LogP) is 0.309. The standard InChI is InChI=1S/C10H23NO5/c1-3-14-10(15-4-2)9-13-6-5-12-7-8-16-11/h10H,3-9,11H2,1-2H3. The minimum atomic E-state index is -0.289. The zero-order valence-corrected chi connectivity index (χ0v) is 10.1. The van der Waals surface area contributed by atoms with Gasteiger partial charge in [0, 0.05) is 13.2 Å². The van der Waals surface area contributed by atoms with E-state index in [1.807, 2.05) is 13.8 Å². The lowest BCUT2D eigenvalue weighted by molar-refractivity contribution is -0.169. The van der Waals surface area contributed by atoms with Crippen LogP contribution in [0.4, 0.5) is 0 Å². The average Bonchev–Trinajstić information content (AvgIpc) is 2.28. The van der Waals surface area contributed by atoms with Gasteiger partial charge in [-0.15, -0.1) is 0 Å². The van der Waals surface area contributed by atoms with E-state index < -0.39 is 0 Å². The van der Waals surface area contributed by atoms with Gasteiger partial charge in [0.15, 0.2) is 6.29 Å². The van der Waals surface area contributed by atoms with Crippen LogP contribution in [0.1, 0.15) is 13.8 Å². The Balaban J connectivity index is 3.25. The highest BCUT2D eigenvalue weighted by atomic mass is 16.7. The van der Waals surface area contributed by atoms with Gasteiger partial charge < -0.3 is 23.8 Å². The van der Waals surface area contributed by atoms with Crippen molar-refractivity contribution < 1.29 is 23.8 Å². The zero-order chi connectivity index (χ0) is 12.1. The van der Waals surface area contributed by atoms with Crippen LogP contribution in [-0.2, 0) is 23.8 Å². The van der Waals surface area contributed by atoms with E-state index in [0.717, 1.165) is 0 Å². The highest BCUT2D eigenvalue weighted by Gasteiger charge is 2.07. The molecule has 0 bridgehead atoms. The van der Waals surface area contributed by atoms with Crippen LogP contribution >= 0.6 is 0 Å². The maximum absolute atomic E-state index is 5.33. The Bertz CT molecular complexity index is 130. The zero-order valence-electron chi connectivity index (χ0n) is 10.1. The van der Waals surface area contributed by atoms with Crippen molar-refractivity contribution in [2.24, 2.45) is 5.90 Å². The molecule has 2 N–H and O–H groups in total. The molecule has 0 aromatic heterocycles. The summed E-state index contributed by atoms with van der Waals surface area (Å²) in [6.07, 6.45) is -0.289. The van der Waals surface area contributed by atoms with Gasteiger partial charge in [0.05, 0.1) is 33.0 Å². The van der Waals surface area contributed by atoms with E-state index in [1.165, 1.54) is 0 Å². The molecule has 0 aliphatic carbocycles. The Labute approximate surface area is 96.9 Å². The molecule has 0 radical (unpaired) electrons. The van der Waals surface area contributed by atoms with Crippen LogP contribution in [0.15, 0.2) is 0 Å². The molecule has 0 saturated heterocycles. The van der Waals surface area contributed by atoms with Crippen molar-refractivity contribution in [1.29, 1.82) is 0 Å². The van der Waals surface area contributed by atoms with Gasteiger partial charge >= 0.3 is 0 Å². The van der Waals surface area contributed by atoms with Gasteiger partial charge in [-0.1, -0.05) is 0 Å². The first-order valence-corrected chi connectivity index (χ1v) is 5.55. The molecule has 0 unspecified atom stereocenters. The molecule has 0 fully saturated rings. The van der Waals surface area contributed by atoms with E-state index in [1.54, 1.807) is 0 Å². The fourth-order valence-corrected chi connectivity index (χ4v) is 1.02. The van der Waals surface area contributed by atoms with Crippen LogP contribution in [-0.4, -0.2) is 52.5 Å². The highest BCUT2D eigenvalue weighted by molar-refractivity contribution is 4.41. The first kappa shape index (κ1) is 15.8. The van der Waals surface area contributed by atoms with Crippen molar-refractivity contribution >= 4 is 0 Å². The monoisotopic (exact) mass is 237 g/mol. The molecule has 0 saturated carbocycles. The third-order valence-corrected chi connectivity index (χ3v) is 1.68. The molecule has 6 heteroatoms. The summed E-state index contributed by atoms with van der Waals surface area (Å²) in [4.78, 5) is 4.34. The second-order valence-corrected chi connectivity index (χ2v) is 2.90. The van der Waals surface area contributed by atoms with E-state index in [2.05, 4.69) is 4.84 Å². The van der Waals surface area contributed by atoms with Crippen molar-refractivity contribution in [2.45, 2.75) is 20.1 Å². The van der Waals surface area contributed by atoms with Crippen LogP contribution < -0.4 is 5.90 Å². The minimum absolute atomic E-state index is 0.289. The molecule has 16 heavy (non-hydrogen) atoms. The van der Waals surface area contributed by atoms with Gasteiger partial charge in [-0.05, 0) is 13.8 Å². The Morgan fingerprint density at radius 2 is 1.44 bits per heavy atom. The SMILES string of the molecule is CCOC(COCCOCCON)OCC. The summed E-state index contributed by atoms with van der Waals surface area (Å²) in [5, 5.41) is 0. The molecular weight excluding hydrogens is 214 g/mol. The first-order chi connectivity index (χ1) is 7.85. The number of ether oxygens (including phenoxy) is 4. The van der Waals surface area contributed by atoms with Gasteiger partial charge in [-0.25, -0.2) is 5.90 Å². The smallest absolute Gasteiger partial charge is 0.180 e. The number of rotatable bonds is 12. The lowest BCUT2D eigenvalue weighted by Crippen LogP contribution is -2.24. The number of hydrogen-bond acceptors (Lipinski definition) is 6. The summed E-state index contributed by atoms with van der Waals surface area (Å²) >= 11 is 0. The molecule has 0 rings (SSSR count). The van der Waals surface area contributed by atoms with Crippen molar-refractivity contribution in [1.82, 2.24) is 0 Å². The minimum Gasteiger partial charge on any atom is -0.377 e. The lowest BCUT2D eigenvalue weighted by Gasteiger charge is -2.16.